The van der Waals surface area contributed by atoms with E-state index in [1.54, 1.807) is 18.2 Å². The molecule has 1 aromatic carbocycles. The molecule has 2 amide bonds. The maximum Gasteiger partial charge on any atom is 0.247 e. The Bertz CT molecular complexity index is 1220. The minimum atomic E-state index is -1.05. The molecule has 5 fully saturated rings. The highest BCUT2D eigenvalue weighted by atomic mass is 16.5. The molecule has 6 aliphatic carbocycles. The topological polar surface area (TPSA) is 129 Å². The molecule has 4 N–H and O–H groups in total. The van der Waals surface area contributed by atoms with E-state index in [2.05, 4.69) is 5.32 Å². The number of aliphatic hydroxyl groups excluding tert-OH is 3. The summed E-state index contributed by atoms with van der Waals surface area (Å²) in [6, 6.07) is 2.79. The van der Waals surface area contributed by atoms with Crippen molar-refractivity contribution >= 4 is 11.8 Å². The summed E-state index contributed by atoms with van der Waals surface area (Å²) in [6.45, 7) is 0.286. The number of benzene rings is 1. The molecule has 0 radical (unpaired) electrons. The summed E-state index contributed by atoms with van der Waals surface area (Å²) >= 11 is 0. The van der Waals surface area contributed by atoms with Crippen LogP contribution in [0.5, 0.6) is 11.5 Å². The number of methoxy groups -OCH3 is 1. The van der Waals surface area contributed by atoms with Crippen molar-refractivity contribution in [1.29, 1.82) is 0 Å². The van der Waals surface area contributed by atoms with Gasteiger partial charge in [0.05, 0.1) is 32.3 Å². The summed E-state index contributed by atoms with van der Waals surface area (Å²) in [4.78, 5) is 29.5. The fourth-order valence-corrected chi connectivity index (χ4v) is 9.36. The van der Waals surface area contributed by atoms with Crippen LogP contribution in [0.25, 0.3) is 0 Å². The van der Waals surface area contributed by atoms with E-state index in [0.717, 1.165) is 49.9 Å². The third-order valence-corrected chi connectivity index (χ3v) is 10.7. The molecule has 7 aliphatic rings. The summed E-state index contributed by atoms with van der Waals surface area (Å²) in [5.74, 6) is 2.16. The first kappa shape index (κ1) is 27.2. The van der Waals surface area contributed by atoms with Gasteiger partial charge in [-0.15, -0.1) is 0 Å². The van der Waals surface area contributed by atoms with Gasteiger partial charge in [0.15, 0.2) is 11.5 Å². The molecular weight excluding hydrogens is 524 g/mol. The zero-order valence-electron chi connectivity index (χ0n) is 23.8. The van der Waals surface area contributed by atoms with Gasteiger partial charge in [-0.05, 0) is 98.3 Å². The number of amides is 2. The standard InChI is InChI=1S/C32H42N2O7/c1-40-25-10-20(15-36)9-22-26-23(30(38)33-4-5-35)11-24(27(37)29(26)41-28(22)25)34(31(39)21-2-3-21)16-32-12-17-6-18(13-32)8-19(7-17)14-32/h9-11,17-19,21,24,26-27,29,35-37H,2-8,12-16H2,1H3,(H,33,38)/t17?,18?,19?,24-,26+,27+,29+,32?/m1/s1. The van der Waals surface area contributed by atoms with E-state index in [0.29, 0.717) is 34.7 Å². The Kier molecular flexibility index (Phi) is 6.83. The number of hydrogen-bond acceptors (Lipinski definition) is 7. The number of aliphatic hydroxyl groups is 3. The van der Waals surface area contributed by atoms with Crippen LogP contribution in [0, 0.1) is 29.1 Å². The lowest BCUT2D eigenvalue weighted by Gasteiger charge is -2.58. The van der Waals surface area contributed by atoms with Crippen molar-refractivity contribution in [3.05, 3.63) is 34.9 Å². The Morgan fingerprint density at radius 2 is 1.78 bits per heavy atom. The molecule has 1 aliphatic heterocycles. The molecule has 0 saturated heterocycles. The third kappa shape index (κ3) is 4.64. The predicted octanol–water partition coefficient (Wildman–Crippen LogP) is 2.27. The third-order valence-electron chi connectivity index (χ3n) is 10.7. The molecule has 0 unspecified atom stereocenters. The van der Waals surface area contributed by atoms with Crippen LogP contribution < -0.4 is 14.8 Å². The molecule has 1 heterocycles. The van der Waals surface area contributed by atoms with Crippen molar-refractivity contribution in [2.24, 2.45) is 29.1 Å². The Balaban J connectivity index is 1.28. The number of carbonyl (C=O) groups excluding carboxylic acids is 2. The Morgan fingerprint density at radius 1 is 1.10 bits per heavy atom. The second-order valence-electron chi connectivity index (χ2n) is 13.7. The van der Waals surface area contributed by atoms with Crippen molar-refractivity contribution in [3.63, 3.8) is 0 Å². The molecule has 4 atom stereocenters. The monoisotopic (exact) mass is 566 g/mol. The van der Waals surface area contributed by atoms with Crippen LogP contribution in [0.1, 0.15) is 68.4 Å². The smallest absolute Gasteiger partial charge is 0.247 e. The van der Waals surface area contributed by atoms with Gasteiger partial charge >= 0.3 is 0 Å². The Hall–Kier alpha value is -2.62. The highest BCUT2D eigenvalue weighted by molar-refractivity contribution is 5.96. The quantitative estimate of drug-likeness (QED) is 0.361. The van der Waals surface area contributed by atoms with Crippen LogP contribution in [0.4, 0.5) is 0 Å². The fourth-order valence-electron chi connectivity index (χ4n) is 9.36. The highest BCUT2D eigenvalue weighted by Crippen LogP contribution is 2.61. The minimum absolute atomic E-state index is 0.0252. The van der Waals surface area contributed by atoms with Crippen LogP contribution >= 0.6 is 0 Å². The number of carbonyl (C=O) groups is 2. The van der Waals surface area contributed by atoms with Crippen molar-refractivity contribution in [3.8, 4) is 11.5 Å². The molecule has 41 heavy (non-hydrogen) atoms. The summed E-state index contributed by atoms with van der Waals surface area (Å²) in [7, 11) is 1.52. The Labute approximate surface area is 240 Å². The van der Waals surface area contributed by atoms with Gasteiger partial charge in [-0.25, -0.2) is 0 Å². The maximum atomic E-state index is 14.0. The molecule has 9 nitrogen and oxygen atoms in total. The normalized spacial score (nSPS) is 36.2. The number of rotatable bonds is 9. The molecule has 5 saturated carbocycles. The lowest BCUT2D eigenvalue weighted by Crippen LogP contribution is -2.60. The van der Waals surface area contributed by atoms with E-state index in [4.69, 9.17) is 9.47 Å². The zero-order valence-corrected chi connectivity index (χ0v) is 23.8. The summed E-state index contributed by atoms with van der Waals surface area (Å²) in [6.07, 6.45) is 9.00. The summed E-state index contributed by atoms with van der Waals surface area (Å²) < 4.78 is 12.0. The molecule has 4 bridgehead atoms. The van der Waals surface area contributed by atoms with Gasteiger partial charge in [0.2, 0.25) is 11.8 Å². The molecular formula is C32H42N2O7. The Morgan fingerprint density at radius 3 is 2.37 bits per heavy atom. The van der Waals surface area contributed by atoms with Gasteiger partial charge < -0.3 is 35.0 Å². The fraction of sp³-hybridized carbons (Fsp3) is 0.688. The summed E-state index contributed by atoms with van der Waals surface area (Å²) in [5.41, 5.74) is 1.77. The second-order valence-corrected chi connectivity index (χ2v) is 13.7. The number of ether oxygens (including phenoxy) is 2. The summed E-state index contributed by atoms with van der Waals surface area (Å²) in [5, 5.41) is 34.1. The van der Waals surface area contributed by atoms with Gasteiger partial charge in [0.25, 0.3) is 0 Å². The largest absolute Gasteiger partial charge is 0.493 e. The first-order valence-corrected chi connectivity index (χ1v) is 15.4. The lowest BCUT2D eigenvalue weighted by molar-refractivity contribution is -0.146. The first-order chi connectivity index (χ1) is 19.8. The van der Waals surface area contributed by atoms with Gasteiger partial charge in [0.1, 0.15) is 12.2 Å². The van der Waals surface area contributed by atoms with Crippen molar-refractivity contribution in [2.45, 2.75) is 82.1 Å². The minimum Gasteiger partial charge on any atom is -0.493 e. The van der Waals surface area contributed by atoms with E-state index in [1.807, 2.05) is 4.90 Å². The lowest BCUT2D eigenvalue weighted by atomic mass is 9.49. The highest BCUT2D eigenvalue weighted by Gasteiger charge is 2.56. The van der Waals surface area contributed by atoms with E-state index < -0.39 is 24.2 Å². The number of fused-ring (bicyclic) bond motifs is 3. The number of nitrogens with one attached hydrogen (secondary N) is 1. The van der Waals surface area contributed by atoms with E-state index >= 15 is 0 Å². The number of nitrogens with zero attached hydrogens (tertiary/aromatic N) is 1. The van der Waals surface area contributed by atoms with Crippen LogP contribution in [0.2, 0.25) is 0 Å². The SMILES string of the molecule is COc1cc(CO)cc2c1O[C@@H]1[C@@H](O)[C@H](N(CC34CC5CC(CC(C5)C3)C4)C(=O)C3CC3)C=C(C(=O)NCCO)[C@H]21. The molecule has 8 rings (SSSR count). The molecule has 222 valence electrons. The van der Waals surface area contributed by atoms with E-state index in [1.165, 1.54) is 26.4 Å². The van der Waals surface area contributed by atoms with E-state index in [9.17, 15) is 24.9 Å². The number of hydrogen-bond donors (Lipinski definition) is 4. The first-order valence-electron chi connectivity index (χ1n) is 15.4. The van der Waals surface area contributed by atoms with E-state index in [-0.39, 0.29) is 42.9 Å². The van der Waals surface area contributed by atoms with Crippen LogP contribution in [-0.4, -0.2) is 77.1 Å². The zero-order chi connectivity index (χ0) is 28.5. The maximum absolute atomic E-state index is 14.0. The van der Waals surface area contributed by atoms with Crippen molar-refractivity contribution in [2.75, 3.05) is 26.8 Å². The second kappa shape index (κ2) is 10.3. The molecule has 9 heteroatoms. The van der Waals surface area contributed by atoms with Crippen molar-refractivity contribution < 1.29 is 34.4 Å². The van der Waals surface area contributed by atoms with Crippen LogP contribution in [0.3, 0.4) is 0 Å². The van der Waals surface area contributed by atoms with Gasteiger partial charge in [-0.1, -0.05) is 0 Å². The van der Waals surface area contributed by atoms with Gasteiger partial charge in [-0.2, -0.15) is 0 Å². The average Bonchev–Trinajstić information content (AvgIpc) is 3.73. The average molecular weight is 567 g/mol. The van der Waals surface area contributed by atoms with Gasteiger partial charge in [0, 0.05) is 30.1 Å². The molecule has 1 aromatic rings. The van der Waals surface area contributed by atoms with Crippen LogP contribution in [0.15, 0.2) is 23.8 Å². The van der Waals surface area contributed by atoms with Gasteiger partial charge in [-0.3, -0.25) is 9.59 Å². The predicted molar refractivity (Wildman–Crippen MR) is 149 cm³/mol. The molecule has 0 aromatic heterocycles. The molecule has 0 spiro atoms. The van der Waals surface area contributed by atoms with Crippen LogP contribution in [-0.2, 0) is 16.2 Å². The van der Waals surface area contributed by atoms with Crippen molar-refractivity contribution in [1.82, 2.24) is 10.2 Å².